The molecule has 0 saturated carbocycles. The number of thiophene rings is 1. The average molecular weight is 495 g/mol. The van der Waals surface area contributed by atoms with Gasteiger partial charge in [-0.2, -0.15) is 5.10 Å². The fourth-order valence-electron chi connectivity index (χ4n) is 4.36. The van der Waals surface area contributed by atoms with Gasteiger partial charge in [0.25, 0.3) is 0 Å². The highest BCUT2D eigenvalue weighted by molar-refractivity contribution is 7.19. The number of anilines is 1. The Morgan fingerprint density at radius 3 is 2.89 bits per heavy atom. The van der Waals surface area contributed by atoms with Gasteiger partial charge in [-0.3, -0.25) is 20.0 Å². The summed E-state index contributed by atoms with van der Waals surface area (Å²) < 4.78 is 1.05. The summed E-state index contributed by atoms with van der Waals surface area (Å²) in [6.45, 7) is 5.89. The van der Waals surface area contributed by atoms with E-state index >= 15 is 0 Å². The van der Waals surface area contributed by atoms with Crippen molar-refractivity contribution in [2.45, 2.75) is 25.8 Å². The Morgan fingerprint density at radius 1 is 1.20 bits per heavy atom. The van der Waals surface area contributed by atoms with Gasteiger partial charge in [0.2, 0.25) is 5.91 Å². The summed E-state index contributed by atoms with van der Waals surface area (Å²) in [5.74, 6) is 1.11. The number of hydroxylamine groups is 1. The van der Waals surface area contributed by atoms with E-state index in [2.05, 4.69) is 38.4 Å². The van der Waals surface area contributed by atoms with Gasteiger partial charge in [-0.1, -0.05) is 12.1 Å². The van der Waals surface area contributed by atoms with Crippen LogP contribution in [-0.2, 0) is 11.3 Å². The number of benzene rings is 1. The minimum Gasteiger partial charge on any atom is -0.369 e. The average Bonchev–Trinajstić information content (AvgIpc) is 3.51. The summed E-state index contributed by atoms with van der Waals surface area (Å²) in [6.07, 6.45) is 3.56. The van der Waals surface area contributed by atoms with E-state index in [1.54, 1.807) is 16.8 Å². The van der Waals surface area contributed by atoms with Crippen molar-refractivity contribution in [2.24, 2.45) is 0 Å². The molecule has 4 aromatic rings. The third kappa shape index (κ3) is 5.43. The Kier molecular flexibility index (Phi) is 7.19. The van der Waals surface area contributed by atoms with Gasteiger partial charge in [-0.05, 0) is 32.0 Å². The molecule has 1 saturated heterocycles. The lowest BCUT2D eigenvalue weighted by Gasteiger charge is -2.31. The van der Waals surface area contributed by atoms with Crippen LogP contribution in [0.5, 0.6) is 0 Å². The molecule has 1 fully saturated rings. The molecule has 35 heavy (non-hydrogen) atoms. The first kappa shape index (κ1) is 23.6. The number of hydrogen-bond acceptors (Lipinski definition) is 9. The number of rotatable bonds is 9. The predicted molar refractivity (Wildman–Crippen MR) is 138 cm³/mol. The van der Waals surface area contributed by atoms with Crippen molar-refractivity contribution in [3.8, 4) is 11.4 Å². The van der Waals surface area contributed by atoms with Crippen molar-refractivity contribution in [3.05, 3.63) is 35.3 Å². The highest BCUT2D eigenvalue weighted by Gasteiger charge is 2.18. The summed E-state index contributed by atoms with van der Waals surface area (Å²) in [4.78, 5) is 27.3. The van der Waals surface area contributed by atoms with Crippen LogP contribution in [0.2, 0.25) is 0 Å². The quantitative estimate of drug-likeness (QED) is 0.159. The van der Waals surface area contributed by atoms with Crippen LogP contribution in [0, 0.1) is 0 Å². The summed E-state index contributed by atoms with van der Waals surface area (Å²) in [6, 6.07) is 8.18. The van der Waals surface area contributed by atoms with E-state index in [1.165, 1.54) is 4.88 Å². The molecule has 0 atom stereocenters. The third-order valence-electron chi connectivity index (χ3n) is 6.37. The van der Waals surface area contributed by atoms with Crippen molar-refractivity contribution in [3.63, 3.8) is 0 Å². The number of nitrogens with one attached hydrogen (secondary N) is 3. The zero-order valence-corrected chi connectivity index (χ0v) is 20.6. The van der Waals surface area contributed by atoms with Crippen molar-refractivity contribution >= 4 is 44.2 Å². The number of likely N-dealkylation sites (N-methyl/N-ethyl adjacent to an activating group) is 1. The molecule has 0 bridgehead atoms. The zero-order chi connectivity index (χ0) is 24.2. The molecule has 4 heterocycles. The standard InChI is InChI=1S/C24H30N8O2S/c1-31-9-11-32(12-10-31)15-16-13-20-22(35-16)24(25-8-3-2-7-21(33)30-34)28-23(27-20)17-5-4-6-19-18(17)14-26-29-19/h4-6,13-14,34H,2-3,7-12,15H2,1H3,(H,26,29)(H,30,33)(H,25,27,28). The molecular formula is C24H30N8O2S. The van der Waals surface area contributed by atoms with E-state index in [1.807, 2.05) is 24.4 Å². The number of hydrogen-bond donors (Lipinski definition) is 4. The Morgan fingerprint density at radius 2 is 2.06 bits per heavy atom. The Labute approximate surface area is 207 Å². The number of unbranched alkanes of at least 4 members (excludes halogenated alkanes) is 1. The molecule has 184 valence electrons. The summed E-state index contributed by atoms with van der Waals surface area (Å²) in [7, 11) is 2.17. The first-order valence-corrected chi connectivity index (χ1v) is 12.7. The lowest BCUT2D eigenvalue weighted by atomic mass is 10.1. The molecule has 1 aliphatic heterocycles. The number of carbonyl (C=O) groups is 1. The van der Waals surface area contributed by atoms with Crippen LogP contribution in [0.15, 0.2) is 30.5 Å². The maximum absolute atomic E-state index is 11.3. The van der Waals surface area contributed by atoms with E-state index in [0.29, 0.717) is 25.2 Å². The summed E-state index contributed by atoms with van der Waals surface area (Å²) in [5.41, 5.74) is 4.50. The number of carbonyl (C=O) groups excluding carboxylic acids is 1. The van der Waals surface area contributed by atoms with Crippen LogP contribution in [0.25, 0.3) is 32.5 Å². The summed E-state index contributed by atoms with van der Waals surface area (Å²) in [5, 5.41) is 20.3. The molecule has 3 aromatic heterocycles. The molecular weight excluding hydrogens is 464 g/mol. The Hall–Kier alpha value is -3.12. The van der Waals surface area contributed by atoms with Crippen LogP contribution in [0.4, 0.5) is 5.82 Å². The van der Waals surface area contributed by atoms with Crippen molar-refractivity contribution < 1.29 is 10.0 Å². The smallest absolute Gasteiger partial charge is 0.243 e. The van der Waals surface area contributed by atoms with Gasteiger partial charge in [0.1, 0.15) is 5.82 Å². The first-order chi connectivity index (χ1) is 17.1. The van der Waals surface area contributed by atoms with Crippen LogP contribution >= 0.6 is 11.3 Å². The monoisotopic (exact) mass is 494 g/mol. The van der Waals surface area contributed by atoms with Crippen LogP contribution < -0.4 is 10.8 Å². The summed E-state index contributed by atoms with van der Waals surface area (Å²) >= 11 is 1.74. The molecule has 4 N–H and O–H groups in total. The highest BCUT2D eigenvalue weighted by atomic mass is 32.1. The van der Waals surface area contributed by atoms with Crippen LogP contribution in [0.3, 0.4) is 0 Å². The number of piperazine rings is 1. The first-order valence-electron chi connectivity index (χ1n) is 11.9. The fraction of sp³-hybridized carbons (Fsp3) is 0.417. The second-order valence-electron chi connectivity index (χ2n) is 8.96. The lowest BCUT2D eigenvalue weighted by Crippen LogP contribution is -2.43. The minimum atomic E-state index is -0.364. The maximum atomic E-state index is 11.3. The van der Waals surface area contributed by atoms with Crippen molar-refractivity contribution in [1.82, 2.24) is 35.4 Å². The van der Waals surface area contributed by atoms with E-state index in [9.17, 15) is 4.79 Å². The molecule has 1 amide bonds. The Bertz CT molecular complexity index is 1310. The zero-order valence-electron chi connectivity index (χ0n) is 19.8. The minimum absolute atomic E-state index is 0.291. The van der Waals surface area contributed by atoms with Gasteiger partial charge >= 0.3 is 0 Å². The number of amides is 1. The molecule has 11 heteroatoms. The van der Waals surface area contributed by atoms with Gasteiger partial charge < -0.3 is 10.2 Å². The highest BCUT2D eigenvalue weighted by Crippen LogP contribution is 2.34. The second-order valence-corrected chi connectivity index (χ2v) is 10.1. The fourth-order valence-corrected chi connectivity index (χ4v) is 5.46. The molecule has 5 rings (SSSR count). The number of aromatic amines is 1. The molecule has 10 nitrogen and oxygen atoms in total. The third-order valence-corrected chi connectivity index (χ3v) is 7.49. The molecule has 1 aliphatic rings. The van der Waals surface area contributed by atoms with Gasteiger partial charge in [0, 0.05) is 61.5 Å². The normalized spacial score (nSPS) is 15.1. The SMILES string of the molecule is CN1CCN(Cc2cc3nc(-c4cccc5[nH]ncc45)nc(NCCCCC(=O)NO)c3s2)CC1. The topological polar surface area (TPSA) is 122 Å². The lowest BCUT2D eigenvalue weighted by molar-refractivity contribution is -0.129. The number of aromatic nitrogens is 4. The number of nitrogens with zero attached hydrogens (tertiary/aromatic N) is 5. The van der Waals surface area contributed by atoms with E-state index < -0.39 is 0 Å². The number of H-pyrrole nitrogens is 1. The molecule has 0 radical (unpaired) electrons. The van der Waals surface area contributed by atoms with Gasteiger partial charge in [-0.25, -0.2) is 15.4 Å². The van der Waals surface area contributed by atoms with Crippen LogP contribution in [-0.4, -0.2) is 80.9 Å². The van der Waals surface area contributed by atoms with Crippen molar-refractivity contribution in [1.29, 1.82) is 0 Å². The van der Waals surface area contributed by atoms with E-state index in [4.69, 9.17) is 15.2 Å². The molecule has 0 aliphatic carbocycles. The van der Waals surface area contributed by atoms with Crippen molar-refractivity contribution in [2.75, 3.05) is 45.1 Å². The van der Waals surface area contributed by atoms with Crippen LogP contribution in [0.1, 0.15) is 24.1 Å². The molecule has 0 spiro atoms. The van der Waals surface area contributed by atoms with Gasteiger partial charge in [0.15, 0.2) is 5.82 Å². The van der Waals surface area contributed by atoms with E-state index in [-0.39, 0.29) is 5.91 Å². The second kappa shape index (κ2) is 10.6. The maximum Gasteiger partial charge on any atom is 0.243 e. The van der Waals surface area contributed by atoms with E-state index in [0.717, 1.165) is 71.6 Å². The molecule has 1 aromatic carbocycles. The van der Waals surface area contributed by atoms with Gasteiger partial charge in [0.05, 0.1) is 21.9 Å². The number of fused-ring (bicyclic) bond motifs is 2. The van der Waals surface area contributed by atoms with Gasteiger partial charge in [-0.15, -0.1) is 11.3 Å². The molecule has 0 unspecified atom stereocenters. The predicted octanol–water partition coefficient (Wildman–Crippen LogP) is 3.07. The Balaban J connectivity index is 1.42. The largest absolute Gasteiger partial charge is 0.369 e.